The van der Waals surface area contributed by atoms with Crippen LogP contribution in [0.2, 0.25) is 0 Å². The summed E-state index contributed by atoms with van der Waals surface area (Å²) in [5, 5.41) is 3.50. The van der Waals surface area contributed by atoms with Gasteiger partial charge in [-0.2, -0.15) is 0 Å². The fourth-order valence-corrected chi connectivity index (χ4v) is 3.70. The van der Waals surface area contributed by atoms with Crippen molar-refractivity contribution in [3.8, 4) is 5.75 Å². The first kappa shape index (κ1) is 14.4. The SMILES string of the molecule is COc1cccc(C(=O)N2CCCC3(CCCNC3)C2)c1. The summed E-state index contributed by atoms with van der Waals surface area (Å²) in [5.74, 6) is 0.880. The van der Waals surface area contributed by atoms with Gasteiger partial charge in [-0.25, -0.2) is 0 Å². The van der Waals surface area contributed by atoms with Crippen molar-refractivity contribution in [1.82, 2.24) is 10.2 Å². The molecule has 0 saturated carbocycles. The highest BCUT2D eigenvalue weighted by Gasteiger charge is 2.38. The highest BCUT2D eigenvalue weighted by molar-refractivity contribution is 5.94. The quantitative estimate of drug-likeness (QED) is 0.908. The first-order chi connectivity index (χ1) is 10.2. The number of hydrogen-bond acceptors (Lipinski definition) is 3. The molecule has 2 heterocycles. The fraction of sp³-hybridized carbons (Fsp3) is 0.588. The number of carbonyl (C=O) groups excluding carboxylic acids is 1. The Kier molecular flexibility index (Phi) is 4.15. The van der Waals surface area contributed by atoms with Gasteiger partial charge < -0.3 is 15.0 Å². The van der Waals surface area contributed by atoms with Crippen molar-refractivity contribution < 1.29 is 9.53 Å². The molecule has 3 rings (SSSR count). The zero-order chi connectivity index (χ0) is 14.7. The van der Waals surface area contributed by atoms with Crippen molar-refractivity contribution in [3.05, 3.63) is 29.8 Å². The minimum Gasteiger partial charge on any atom is -0.497 e. The molecule has 1 unspecified atom stereocenters. The van der Waals surface area contributed by atoms with Gasteiger partial charge in [-0.3, -0.25) is 4.79 Å². The third-order valence-corrected chi connectivity index (χ3v) is 4.83. The highest BCUT2D eigenvalue weighted by atomic mass is 16.5. The summed E-state index contributed by atoms with van der Waals surface area (Å²) in [6, 6.07) is 7.47. The van der Waals surface area contributed by atoms with Crippen molar-refractivity contribution in [2.45, 2.75) is 25.7 Å². The Bertz CT molecular complexity index is 504. The van der Waals surface area contributed by atoms with Gasteiger partial charge in [0.2, 0.25) is 0 Å². The van der Waals surface area contributed by atoms with Gasteiger partial charge in [0.05, 0.1) is 7.11 Å². The summed E-state index contributed by atoms with van der Waals surface area (Å²) in [4.78, 5) is 14.8. The van der Waals surface area contributed by atoms with E-state index in [2.05, 4.69) is 5.32 Å². The largest absolute Gasteiger partial charge is 0.497 e. The van der Waals surface area contributed by atoms with E-state index in [1.54, 1.807) is 7.11 Å². The monoisotopic (exact) mass is 288 g/mol. The summed E-state index contributed by atoms with van der Waals surface area (Å²) in [7, 11) is 1.63. The summed E-state index contributed by atoms with van der Waals surface area (Å²) in [6.45, 7) is 3.92. The predicted octanol–water partition coefficient (Wildman–Crippen LogP) is 2.30. The molecule has 2 aliphatic heterocycles. The second-order valence-electron chi connectivity index (χ2n) is 6.34. The number of amides is 1. The number of rotatable bonds is 2. The zero-order valence-electron chi connectivity index (χ0n) is 12.7. The molecule has 0 bridgehead atoms. The molecule has 2 aliphatic rings. The lowest BCUT2D eigenvalue weighted by Crippen LogP contribution is -2.52. The average molecular weight is 288 g/mol. The van der Waals surface area contributed by atoms with Crippen molar-refractivity contribution in [3.63, 3.8) is 0 Å². The number of carbonyl (C=O) groups is 1. The minimum absolute atomic E-state index is 0.138. The summed E-state index contributed by atoms with van der Waals surface area (Å²) in [5.41, 5.74) is 1.03. The lowest BCUT2D eigenvalue weighted by atomic mass is 9.74. The van der Waals surface area contributed by atoms with Crippen LogP contribution in [-0.2, 0) is 0 Å². The normalized spacial score (nSPS) is 25.9. The van der Waals surface area contributed by atoms with Crippen LogP contribution >= 0.6 is 0 Å². The average Bonchev–Trinajstić information content (AvgIpc) is 2.55. The maximum atomic E-state index is 12.7. The third kappa shape index (κ3) is 3.05. The lowest BCUT2D eigenvalue weighted by Gasteiger charge is -2.45. The van der Waals surface area contributed by atoms with E-state index < -0.39 is 0 Å². The van der Waals surface area contributed by atoms with E-state index in [1.165, 1.54) is 19.3 Å². The van der Waals surface area contributed by atoms with Gasteiger partial charge in [0.15, 0.2) is 0 Å². The summed E-state index contributed by atoms with van der Waals surface area (Å²) >= 11 is 0. The number of ether oxygens (including phenoxy) is 1. The second kappa shape index (κ2) is 6.06. The van der Waals surface area contributed by atoms with E-state index in [4.69, 9.17) is 4.74 Å². The molecular formula is C17H24N2O2. The Hall–Kier alpha value is -1.55. The molecular weight excluding hydrogens is 264 g/mol. The van der Waals surface area contributed by atoms with Gasteiger partial charge in [0, 0.05) is 30.6 Å². The zero-order valence-corrected chi connectivity index (χ0v) is 12.7. The smallest absolute Gasteiger partial charge is 0.254 e. The Balaban J connectivity index is 1.74. The molecule has 4 nitrogen and oxygen atoms in total. The Morgan fingerprint density at radius 3 is 2.95 bits per heavy atom. The number of benzene rings is 1. The molecule has 1 aromatic rings. The number of hydrogen-bond donors (Lipinski definition) is 1. The topological polar surface area (TPSA) is 41.6 Å². The van der Waals surface area contributed by atoms with Gasteiger partial charge >= 0.3 is 0 Å². The third-order valence-electron chi connectivity index (χ3n) is 4.83. The minimum atomic E-state index is 0.138. The number of likely N-dealkylation sites (tertiary alicyclic amines) is 1. The molecule has 2 fully saturated rings. The highest BCUT2D eigenvalue weighted by Crippen LogP contribution is 2.36. The molecule has 4 heteroatoms. The van der Waals surface area contributed by atoms with Crippen LogP contribution in [0.1, 0.15) is 36.0 Å². The van der Waals surface area contributed by atoms with Crippen molar-refractivity contribution in [1.29, 1.82) is 0 Å². The molecule has 2 saturated heterocycles. The van der Waals surface area contributed by atoms with Gasteiger partial charge in [0.1, 0.15) is 5.75 Å². The fourth-order valence-electron chi connectivity index (χ4n) is 3.70. The van der Waals surface area contributed by atoms with E-state index >= 15 is 0 Å². The Labute approximate surface area is 126 Å². The van der Waals surface area contributed by atoms with Crippen molar-refractivity contribution >= 4 is 5.91 Å². The van der Waals surface area contributed by atoms with Crippen LogP contribution in [0.15, 0.2) is 24.3 Å². The van der Waals surface area contributed by atoms with Crippen LogP contribution in [0.25, 0.3) is 0 Å². The van der Waals surface area contributed by atoms with Crippen LogP contribution in [0.3, 0.4) is 0 Å². The first-order valence-electron chi connectivity index (χ1n) is 7.87. The van der Waals surface area contributed by atoms with E-state index in [0.717, 1.165) is 43.9 Å². The number of piperidine rings is 2. The molecule has 0 aromatic heterocycles. The van der Waals surface area contributed by atoms with Crippen LogP contribution in [0.5, 0.6) is 5.75 Å². The second-order valence-corrected chi connectivity index (χ2v) is 6.34. The van der Waals surface area contributed by atoms with E-state index in [-0.39, 0.29) is 5.91 Å². The number of methoxy groups -OCH3 is 1. The van der Waals surface area contributed by atoms with Crippen LogP contribution in [0, 0.1) is 5.41 Å². The maximum Gasteiger partial charge on any atom is 0.254 e. The van der Waals surface area contributed by atoms with Gasteiger partial charge in [-0.05, 0) is 50.4 Å². The van der Waals surface area contributed by atoms with E-state index in [9.17, 15) is 4.79 Å². The van der Waals surface area contributed by atoms with E-state index in [1.807, 2.05) is 29.2 Å². The molecule has 21 heavy (non-hydrogen) atoms. The van der Waals surface area contributed by atoms with Crippen LogP contribution in [-0.4, -0.2) is 44.1 Å². The molecule has 0 aliphatic carbocycles. The Morgan fingerprint density at radius 1 is 1.33 bits per heavy atom. The van der Waals surface area contributed by atoms with Crippen molar-refractivity contribution in [2.75, 3.05) is 33.3 Å². The number of nitrogens with one attached hydrogen (secondary N) is 1. The predicted molar refractivity (Wildman–Crippen MR) is 82.7 cm³/mol. The summed E-state index contributed by atoms with van der Waals surface area (Å²) in [6.07, 6.45) is 4.81. The van der Waals surface area contributed by atoms with Crippen LogP contribution in [0.4, 0.5) is 0 Å². The molecule has 114 valence electrons. The van der Waals surface area contributed by atoms with Gasteiger partial charge in [-0.15, -0.1) is 0 Å². The van der Waals surface area contributed by atoms with Gasteiger partial charge in [0.25, 0.3) is 5.91 Å². The molecule has 1 amide bonds. The summed E-state index contributed by atoms with van der Waals surface area (Å²) < 4.78 is 5.22. The molecule has 1 N–H and O–H groups in total. The molecule has 0 radical (unpaired) electrons. The maximum absolute atomic E-state index is 12.7. The standard InChI is InChI=1S/C17H24N2O2/c1-21-15-6-2-5-14(11-15)16(20)19-10-4-8-17(13-19)7-3-9-18-12-17/h2,5-6,11,18H,3-4,7-10,12-13H2,1H3. The first-order valence-corrected chi connectivity index (χ1v) is 7.87. The van der Waals surface area contributed by atoms with Crippen LogP contribution < -0.4 is 10.1 Å². The Morgan fingerprint density at radius 2 is 2.19 bits per heavy atom. The molecule has 1 atom stereocenters. The van der Waals surface area contributed by atoms with E-state index in [0.29, 0.717) is 5.41 Å². The lowest BCUT2D eigenvalue weighted by molar-refractivity contribution is 0.0434. The molecule has 1 aromatic carbocycles. The van der Waals surface area contributed by atoms with Crippen molar-refractivity contribution in [2.24, 2.45) is 5.41 Å². The number of nitrogens with zero attached hydrogens (tertiary/aromatic N) is 1. The van der Waals surface area contributed by atoms with Gasteiger partial charge in [-0.1, -0.05) is 6.07 Å². The molecule has 1 spiro atoms.